The van der Waals surface area contributed by atoms with Crippen molar-refractivity contribution in [2.24, 2.45) is 0 Å². The number of rotatable bonds is 2. The van der Waals surface area contributed by atoms with Crippen LogP contribution in [0.4, 0.5) is 29.3 Å². The Balaban J connectivity index is 2.16. The van der Waals surface area contributed by atoms with E-state index in [0.717, 1.165) is 18.5 Å². The maximum atomic E-state index is 12.8. The molecule has 0 aliphatic heterocycles. The Morgan fingerprint density at radius 3 is 2.32 bits per heavy atom. The first kappa shape index (κ1) is 16.4. The number of nitrogens with zero attached hydrogens (tertiary/aromatic N) is 1. The van der Waals surface area contributed by atoms with Crippen molar-refractivity contribution in [3.8, 4) is 0 Å². The van der Waals surface area contributed by atoms with Crippen LogP contribution >= 0.6 is 23.2 Å². The van der Waals surface area contributed by atoms with Gasteiger partial charge in [0.2, 0.25) is 0 Å². The quantitative estimate of drug-likeness (QED) is 0.796. The first-order chi connectivity index (χ1) is 10.3. The zero-order chi connectivity index (χ0) is 16.3. The van der Waals surface area contributed by atoms with Gasteiger partial charge >= 0.3 is 12.2 Å². The van der Waals surface area contributed by atoms with E-state index in [-0.39, 0.29) is 15.7 Å². The van der Waals surface area contributed by atoms with E-state index >= 15 is 0 Å². The third kappa shape index (κ3) is 4.25. The normalized spacial score (nSPS) is 11.1. The van der Waals surface area contributed by atoms with Crippen molar-refractivity contribution in [2.75, 3.05) is 10.6 Å². The summed E-state index contributed by atoms with van der Waals surface area (Å²) in [5, 5.41) is 4.98. The third-order valence-corrected chi connectivity index (χ3v) is 2.93. The number of anilines is 2. The summed E-state index contributed by atoms with van der Waals surface area (Å²) in [7, 11) is 0. The van der Waals surface area contributed by atoms with Crippen molar-refractivity contribution in [1.82, 2.24) is 4.98 Å². The first-order valence-corrected chi connectivity index (χ1v) is 6.56. The zero-order valence-electron chi connectivity index (χ0n) is 10.7. The second-order valence-corrected chi connectivity index (χ2v) is 5.03. The fourth-order valence-electron chi connectivity index (χ4n) is 1.65. The summed E-state index contributed by atoms with van der Waals surface area (Å²) in [6.07, 6.45) is -2.71. The summed E-state index contributed by atoms with van der Waals surface area (Å²) < 4.78 is 38.4. The molecule has 0 atom stereocenters. The van der Waals surface area contributed by atoms with Gasteiger partial charge in [-0.1, -0.05) is 23.2 Å². The summed E-state index contributed by atoms with van der Waals surface area (Å²) in [6, 6.07) is 4.15. The van der Waals surface area contributed by atoms with E-state index in [4.69, 9.17) is 23.2 Å². The van der Waals surface area contributed by atoms with Crippen LogP contribution in [0.3, 0.4) is 0 Å². The molecule has 2 amide bonds. The average molecular weight is 350 g/mol. The lowest BCUT2D eigenvalue weighted by atomic mass is 10.2. The van der Waals surface area contributed by atoms with Crippen molar-refractivity contribution in [1.29, 1.82) is 0 Å². The molecule has 22 heavy (non-hydrogen) atoms. The number of aromatic nitrogens is 1. The number of carbonyl (C=O) groups excluding carboxylic acids is 1. The van der Waals surface area contributed by atoms with E-state index in [1.807, 2.05) is 0 Å². The monoisotopic (exact) mass is 349 g/mol. The van der Waals surface area contributed by atoms with Crippen LogP contribution in [0.2, 0.25) is 10.0 Å². The molecule has 1 aromatic carbocycles. The van der Waals surface area contributed by atoms with Crippen LogP contribution in [-0.4, -0.2) is 11.0 Å². The number of hydrogen-bond donors (Lipinski definition) is 2. The van der Waals surface area contributed by atoms with Gasteiger partial charge < -0.3 is 10.6 Å². The predicted octanol–water partition coefficient (Wildman–Crippen LogP) is 5.05. The molecule has 0 fully saturated rings. The molecule has 0 aliphatic rings. The number of halogens is 5. The van der Waals surface area contributed by atoms with Gasteiger partial charge in [0.1, 0.15) is 0 Å². The van der Waals surface area contributed by atoms with Crippen LogP contribution in [0, 0.1) is 0 Å². The van der Waals surface area contributed by atoms with Crippen LogP contribution in [0.25, 0.3) is 0 Å². The molecule has 0 spiro atoms. The summed E-state index contributed by atoms with van der Waals surface area (Å²) >= 11 is 11.5. The lowest BCUT2D eigenvalue weighted by Crippen LogP contribution is -2.22. The summed E-state index contributed by atoms with van der Waals surface area (Å²) in [5.74, 6) is 0. The standard InChI is InChI=1S/C13H8Cl2F3N3O/c14-7-3-8(15)5-9(4-7)20-12(22)21-11-6-19-2-1-10(11)13(16,17)18/h1-6H,(H2,20,21,22). The van der Waals surface area contributed by atoms with Crippen LogP contribution in [0.1, 0.15) is 5.56 Å². The number of pyridine rings is 1. The van der Waals surface area contributed by atoms with E-state index in [1.54, 1.807) is 0 Å². The van der Waals surface area contributed by atoms with Crippen molar-refractivity contribution < 1.29 is 18.0 Å². The number of urea groups is 1. The molecule has 9 heteroatoms. The first-order valence-electron chi connectivity index (χ1n) is 5.81. The molecule has 0 aliphatic carbocycles. The van der Waals surface area contributed by atoms with E-state index in [0.29, 0.717) is 0 Å². The highest BCUT2D eigenvalue weighted by Gasteiger charge is 2.33. The highest BCUT2D eigenvalue weighted by atomic mass is 35.5. The minimum atomic E-state index is -4.61. The Hall–Kier alpha value is -1.99. The summed E-state index contributed by atoms with van der Waals surface area (Å²) in [5.41, 5.74) is -1.21. The molecule has 4 nitrogen and oxygen atoms in total. The molecule has 0 saturated carbocycles. The number of amides is 2. The molecule has 116 valence electrons. The van der Waals surface area contributed by atoms with Crippen LogP contribution in [-0.2, 0) is 6.18 Å². The summed E-state index contributed by atoms with van der Waals surface area (Å²) in [6.45, 7) is 0. The Labute approximate surface area is 133 Å². The Bertz CT molecular complexity index is 687. The largest absolute Gasteiger partial charge is 0.418 e. The van der Waals surface area contributed by atoms with Crippen LogP contribution in [0.15, 0.2) is 36.7 Å². The Kier molecular flexibility index (Phi) is 4.77. The van der Waals surface area contributed by atoms with Gasteiger partial charge in [-0.2, -0.15) is 13.2 Å². The molecular formula is C13H8Cl2F3N3O. The highest BCUT2D eigenvalue weighted by molar-refractivity contribution is 6.35. The fourth-order valence-corrected chi connectivity index (χ4v) is 2.18. The molecule has 2 N–H and O–H groups in total. The molecule has 1 aromatic heterocycles. The van der Waals surface area contributed by atoms with Gasteiger partial charge in [-0.05, 0) is 24.3 Å². The highest BCUT2D eigenvalue weighted by Crippen LogP contribution is 2.34. The van der Waals surface area contributed by atoms with E-state index in [9.17, 15) is 18.0 Å². The third-order valence-electron chi connectivity index (χ3n) is 2.50. The van der Waals surface area contributed by atoms with Gasteiger partial charge in [0, 0.05) is 21.9 Å². The molecule has 0 saturated heterocycles. The van der Waals surface area contributed by atoms with Crippen LogP contribution < -0.4 is 10.6 Å². The topological polar surface area (TPSA) is 54.0 Å². The van der Waals surface area contributed by atoms with E-state index in [1.165, 1.54) is 18.2 Å². The predicted molar refractivity (Wildman–Crippen MR) is 78.3 cm³/mol. The lowest BCUT2D eigenvalue weighted by Gasteiger charge is -2.13. The van der Waals surface area contributed by atoms with Gasteiger partial charge in [-0.15, -0.1) is 0 Å². The Morgan fingerprint density at radius 2 is 1.73 bits per heavy atom. The average Bonchev–Trinajstić information content (AvgIpc) is 2.36. The van der Waals surface area contributed by atoms with Crippen LogP contribution in [0.5, 0.6) is 0 Å². The number of nitrogens with one attached hydrogen (secondary N) is 2. The molecule has 2 aromatic rings. The molecule has 0 bridgehead atoms. The minimum Gasteiger partial charge on any atom is -0.308 e. The number of carbonyl (C=O) groups is 1. The molecule has 0 radical (unpaired) electrons. The maximum Gasteiger partial charge on any atom is 0.418 e. The maximum absolute atomic E-state index is 12.8. The summed E-state index contributed by atoms with van der Waals surface area (Å²) in [4.78, 5) is 15.3. The molecule has 2 rings (SSSR count). The van der Waals surface area contributed by atoms with Gasteiger partial charge in [-0.25, -0.2) is 4.79 Å². The zero-order valence-corrected chi connectivity index (χ0v) is 12.2. The second kappa shape index (κ2) is 6.41. The lowest BCUT2D eigenvalue weighted by molar-refractivity contribution is -0.137. The number of hydrogen-bond acceptors (Lipinski definition) is 2. The van der Waals surface area contributed by atoms with Crippen molar-refractivity contribution in [3.63, 3.8) is 0 Å². The van der Waals surface area contributed by atoms with Gasteiger partial charge in [-0.3, -0.25) is 4.98 Å². The van der Waals surface area contributed by atoms with Crippen molar-refractivity contribution in [3.05, 3.63) is 52.3 Å². The van der Waals surface area contributed by atoms with Gasteiger partial charge in [0.25, 0.3) is 0 Å². The molecular weight excluding hydrogens is 342 g/mol. The molecule has 0 unspecified atom stereocenters. The van der Waals surface area contributed by atoms with E-state index < -0.39 is 23.5 Å². The Morgan fingerprint density at radius 1 is 1.09 bits per heavy atom. The van der Waals surface area contributed by atoms with Gasteiger partial charge in [0.05, 0.1) is 17.4 Å². The fraction of sp³-hybridized carbons (Fsp3) is 0.0769. The van der Waals surface area contributed by atoms with Gasteiger partial charge in [0.15, 0.2) is 0 Å². The van der Waals surface area contributed by atoms with Crippen molar-refractivity contribution in [2.45, 2.75) is 6.18 Å². The number of alkyl halides is 3. The number of benzene rings is 1. The second-order valence-electron chi connectivity index (χ2n) is 4.16. The SMILES string of the molecule is O=C(Nc1cc(Cl)cc(Cl)c1)Nc1cnccc1C(F)(F)F. The molecule has 1 heterocycles. The smallest absolute Gasteiger partial charge is 0.308 e. The van der Waals surface area contributed by atoms with E-state index in [2.05, 4.69) is 15.6 Å². The minimum absolute atomic E-state index is 0.243. The van der Waals surface area contributed by atoms with Crippen molar-refractivity contribution >= 4 is 40.6 Å².